The van der Waals surface area contributed by atoms with Crippen molar-refractivity contribution in [2.24, 2.45) is 5.92 Å². The number of hydrogen-bond acceptors (Lipinski definition) is 3. The van der Waals surface area contributed by atoms with Gasteiger partial charge in [-0.3, -0.25) is 9.59 Å². The minimum absolute atomic E-state index is 0.0577. The van der Waals surface area contributed by atoms with Crippen LogP contribution in [-0.2, 0) is 14.3 Å². The summed E-state index contributed by atoms with van der Waals surface area (Å²) in [6, 6.07) is 0. The molecule has 2 atom stereocenters. The van der Waals surface area contributed by atoms with Crippen molar-refractivity contribution < 1.29 is 19.4 Å². The molecule has 0 fully saturated rings. The van der Waals surface area contributed by atoms with Gasteiger partial charge in [-0.2, -0.15) is 0 Å². The summed E-state index contributed by atoms with van der Waals surface area (Å²) in [5.74, 6) is -1.66. The van der Waals surface area contributed by atoms with Crippen LogP contribution in [0, 0.1) is 5.92 Å². The van der Waals surface area contributed by atoms with E-state index in [1.54, 1.807) is 0 Å². The van der Waals surface area contributed by atoms with E-state index in [9.17, 15) is 14.7 Å². The first-order chi connectivity index (χ1) is 21.5. The Balaban J connectivity index is 3.97. The third kappa shape index (κ3) is 30.9. The molecular weight excluding hydrogens is 544 g/mol. The summed E-state index contributed by atoms with van der Waals surface area (Å²) in [4.78, 5) is 24.5. The van der Waals surface area contributed by atoms with Crippen molar-refractivity contribution >= 4 is 11.9 Å². The van der Waals surface area contributed by atoms with E-state index in [2.05, 4.69) is 20.8 Å². The van der Waals surface area contributed by atoms with Gasteiger partial charge in [0.15, 0.2) is 0 Å². The maximum absolute atomic E-state index is 13.0. The highest BCUT2D eigenvalue weighted by atomic mass is 16.5. The Labute approximate surface area is 275 Å². The molecule has 0 aliphatic heterocycles. The zero-order valence-electron chi connectivity index (χ0n) is 30.2. The van der Waals surface area contributed by atoms with E-state index in [0.29, 0.717) is 6.42 Å². The van der Waals surface area contributed by atoms with E-state index in [0.717, 1.165) is 38.5 Å². The van der Waals surface area contributed by atoms with Gasteiger partial charge in [-0.1, -0.05) is 201 Å². The van der Waals surface area contributed by atoms with Gasteiger partial charge in [-0.25, -0.2) is 0 Å². The molecule has 0 spiro atoms. The number of carbonyl (C=O) groups is 2. The van der Waals surface area contributed by atoms with Crippen LogP contribution < -0.4 is 0 Å². The molecule has 0 saturated heterocycles. The number of unbranched alkanes of at least 4 members (excludes halogenated alkanes) is 26. The predicted octanol–water partition coefficient (Wildman–Crippen LogP) is 13.5. The molecule has 0 radical (unpaired) electrons. The molecule has 0 aliphatic rings. The normalized spacial score (nSPS) is 12.8. The van der Waals surface area contributed by atoms with Gasteiger partial charge in [-0.05, 0) is 25.7 Å². The van der Waals surface area contributed by atoms with E-state index in [-0.39, 0.29) is 18.5 Å². The standard InChI is InChI=1S/C40H78O4/c1-4-7-9-11-13-15-17-19-20-21-22-23-25-27-29-31-34-37(36-39(41)42)40(43)44-38(33-6-3)35-32-30-28-26-24-18-16-14-12-10-8-5-2/h37-38H,4-36H2,1-3H3,(H,41,42). The number of rotatable bonds is 36. The number of carboxylic acid groups (broad SMARTS) is 1. The zero-order valence-corrected chi connectivity index (χ0v) is 30.2. The SMILES string of the molecule is CCCCCCCCCCCCCCCCCCC(CC(=O)O)C(=O)OC(CCC)CCCCCCCCCCCCCC. The Kier molecular flexibility index (Phi) is 34.0. The van der Waals surface area contributed by atoms with Crippen LogP contribution in [0.3, 0.4) is 0 Å². The highest BCUT2D eigenvalue weighted by molar-refractivity contribution is 5.79. The lowest BCUT2D eigenvalue weighted by Crippen LogP contribution is -2.26. The molecule has 0 amide bonds. The molecule has 262 valence electrons. The molecule has 0 aromatic carbocycles. The Morgan fingerprint density at radius 3 is 1.07 bits per heavy atom. The molecule has 0 heterocycles. The van der Waals surface area contributed by atoms with E-state index in [1.807, 2.05) is 0 Å². The second kappa shape index (κ2) is 34.8. The molecular formula is C40H78O4. The van der Waals surface area contributed by atoms with Crippen LogP contribution in [0.2, 0.25) is 0 Å². The van der Waals surface area contributed by atoms with Crippen LogP contribution in [0.15, 0.2) is 0 Å². The fourth-order valence-corrected chi connectivity index (χ4v) is 6.51. The van der Waals surface area contributed by atoms with Crippen molar-refractivity contribution in [1.82, 2.24) is 0 Å². The highest BCUT2D eigenvalue weighted by Gasteiger charge is 2.25. The number of aliphatic carboxylic acids is 1. The summed E-state index contributed by atoms with van der Waals surface area (Å²) >= 11 is 0. The van der Waals surface area contributed by atoms with Gasteiger partial charge in [0.05, 0.1) is 12.3 Å². The van der Waals surface area contributed by atoms with Crippen LogP contribution in [0.25, 0.3) is 0 Å². The molecule has 0 aromatic heterocycles. The van der Waals surface area contributed by atoms with Gasteiger partial charge in [0, 0.05) is 0 Å². The quantitative estimate of drug-likeness (QED) is 0.0557. The summed E-state index contributed by atoms with van der Waals surface area (Å²) in [6.45, 7) is 6.68. The van der Waals surface area contributed by atoms with E-state index >= 15 is 0 Å². The number of carboxylic acids is 1. The maximum Gasteiger partial charge on any atom is 0.309 e. The molecule has 4 heteroatoms. The summed E-state index contributed by atoms with van der Waals surface area (Å²) in [6.07, 6.45) is 40.2. The van der Waals surface area contributed by atoms with E-state index < -0.39 is 11.9 Å². The third-order valence-corrected chi connectivity index (χ3v) is 9.43. The first-order valence-electron chi connectivity index (χ1n) is 20.0. The number of carbonyl (C=O) groups excluding carboxylic acids is 1. The Morgan fingerprint density at radius 1 is 0.432 bits per heavy atom. The summed E-state index contributed by atoms with van der Waals surface area (Å²) in [5, 5.41) is 9.42. The van der Waals surface area contributed by atoms with E-state index in [4.69, 9.17) is 4.74 Å². The van der Waals surface area contributed by atoms with Crippen molar-refractivity contribution in [3.8, 4) is 0 Å². The first kappa shape index (κ1) is 42.9. The van der Waals surface area contributed by atoms with Gasteiger partial charge in [0.1, 0.15) is 6.10 Å². The lowest BCUT2D eigenvalue weighted by molar-refractivity contribution is -0.158. The topological polar surface area (TPSA) is 63.6 Å². The lowest BCUT2D eigenvalue weighted by Gasteiger charge is -2.21. The van der Waals surface area contributed by atoms with E-state index in [1.165, 1.54) is 161 Å². The molecule has 0 aliphatic carbocycles. The summed E-state index contributed by atoms with van der Waals surface area (Å²) in [5.41, 5.74) is 0. The molecule has 2 unspecified atom stereocenters. The maximum atomic E-state index is 13.0. The van der Waals surface area contributed by atoms with Crippen LogP contribution in [0.1, 0.15) is 233 Å². The Hall–Kier alpha value is -1.06. The molecule has 0 bridgehead atoms. The van der Waals surface area contributed by atoms with Gasteiger partial charge in [0.2, 0.25) is 0 Å². The van der Waals surface area contributed by atoms with Gasteiger partial charge in [0.25, 0.3) is 0 Å². The molecule has 0 rings (SSSR count). The lowest BCUT2D eigenvalue weighted by atomic mass is 9.96. The van der Waals surface area contributed by atoms with Crippen molar-refractivity contribution in [2.75, 3.05) is 0 Å². The molecule has 0 saturated carbocycles. The molecule has 1 N–H and O–H groups in total. The second-order valence-corrected chi connectivity index (χ2v) is 13.9. The van der Waals surface area contributed by atoms with Crippen LogP contribution in [-0.4, -0.2) is 23.1 Å². The summed E-state index contributed by atoms with van der Waals surface area (Å²) < 4.78 is 5.93. The predicted molar refractivity (Wildman–Crippen MR) is 190 cm³/mol. The number of esters is 1. The Morgan fingerprint density at radius 2 is 0.750 bits per heavy atom. The smallest absolute Gasteiger partial charge is 0.309 e. The first-order valence-corrected chi connectivity index (χ1v) is 20.0. The highest BCUT2D eigenvalue weighted by Crippen LogP contribution is 2.22. The Bertz CT molecular complexity index is 604. The minimum atomic E-state index is -0.892. The summed E-state index contributed by atoms with van der Waals surface area (Å²) in [7, 11) is 0. The van der Waals surface area contributed by atoms with Crippen LogP contribution in [0.4, 0.5) is 0 Å². The van der Waals surface area contributed by atoms with Gasteiger partial charge < -0.3 is 9.84 Å². The average Bonchev–Trinajstić information content (AvgIpc) is 3.00. The minimum Gasteiger partial charge on any atom is -0.481 e. The van der Waals surface area contributed by atoms with Crippen molar-refractivity contribution in [1.29, 1.82) is 0 Å². The van der Waals surface area contributed by atoms with Crippen LogP contribution in [0.5, 0.6) is 0 Å². The van der Waals surface area contributed by atoms with Crippen molar-refractivity contribution in [3.05, 3.63) is 0 Å². The van der Waals surface area contributed by atoms with Crippen molar-refractivity contribution in [3.63, 3.8) is 0 Å². The number of ether oxygens (including phenoxy) is 1. The van der Waals surface area contributed by atoms with Gasteiger partial charge in [-0.15, -0.1) is 0 Å². The largest absolute Gasteiger partial charge is 0.481 e. The van der Waals surface area contributed by atoms with Crippen molar-refractivity contribution in [2.45, 2.75) is 239 Å². The second-order valence-electron chi connectivity index (χ2n) is 13.9. The monoisotopic (exact) mass is 623 g/mol. The average molecular weight is 623 g/mol. The molecule has 0 aromatic rings. The van der Waals surface area contributed by atoms with Crippen LogP contribution >= 0.6 is 0 Å². The zero-order chi connectivity index (χ0) is 32.4. The van der Waals surface area contributed by atoms with Gasteiger partial charge >= 0.3 is 11.9 Å². The molecule has 4 nitrogen and oxygen atoms in total. The third-order valence-electron chi connectivity index (χ3n) is 9.43. The fourth-order valence-electron chi connectivity index (χ4n) is 6.51. The molecule has 44 heavy (non-hydrogen) atoms. The number of hydrogen-bond donors (Lipinski definition) is 1. The fraction of sp³-hybridized carbons (Fsp3) is 0.950.